The van der Waals surface area contributed by atoms with Gasteiger partial charge in [0.1, 0.15) is 35.9 Å². The lowest BCUT2D eigenvalue weighted by atomic mass is 9.96. The Morgan fingerprint density at radius 1 is 0.853 bits per heavy atom. The second-order valence-electron chi connectivity index (χ2n) is 7.91. The van der Waals surface area contributed by atoms with Crippen molar-refractivity contribution in [3.05, 3.63) is 60.7 Å². The second-order valence-corrected chi connectivity index (χ2v) is 7.91. The molecule has 180 valence electrons. The van der Waals surface area contributed by atoms with Gasteiger partial charge in [-0.3, -0.25) is 0 Å². The Hall–Kier alpha value is -3.34. The van der Waals surface area contributed by atoms with Gasteiger partial charge in [0, 0.05) is 5.56 Å². The molecule has 0 amide bonds. The second kappa shape index (κ2) is 9.88. The zero-order chi connectivity index (χ0) is 24.4. The molecule has 1 aliphatic rings. The number of phenols is 2. The third kappa shape index (κ3) is 4.39. The first-order valence-electron chi connectivity index (χ1n) is 10.6. The van der Waals surface area contributed by atoms with Crippen LogP contribution in [0.3, 0.4) is 0 Å². The van der Waals surface area contributed by atoms with E-state index in [9.17, 15) is 30.6 Å². The first kappa shape index (κ1) is 23.8. The van der Waals surface area contributed by atoms with Gasteiger partial charge in [0.15, 0.2) is 11.5 Å². The van der Waals surface area contributed by atoms with Crippen molar-refractivity contribution in [2.75, 3.05) is 13.7 Å². The van der Waals surface area contributed by atoms with E-state index in [2.05, 4.69) is 0 Å². The maximum atomic E-state index is 11.4. The highest BCUT2D eigenvalue weighted by molar-refractivity contribution is 5.87. The lowest BCUT2D eigenvalue weighted by molar-refractivity contribution is -0.277. The quantitative estimate of drug-likeness (QED) is 0.316. The molecule has 0 aliphatic carbocycles. The van der Waals surface area contributed by atoms with Gasteiger partial charge in [0.05, 0.1) is 19.3 Å². The molecular weight excluding hydrogens is 444 g/mol. The zero-order valence-electron chi connectivity index (χ0n) is 18.3. The SMILES string of the molecule is COc1cc(-c2ccc(O)cc2)c(O[C@@H]2O[C@H](CO)[C@@H](O)[C@H](O)[C@H]2O)c(O)c1-c1ccccc1. The smallest absolute Gasteiger partial charge is 0.229 e. The maximum absolute atomic E-state index is 11.4. The van der Waals surface area contributed by atoms with Crippen LogP contribution in [0.2, 0.25) is 0 Å². The Bertz CT molecular complexity index is 1120. The minimum absolute atomic E-state index is 0.0391. The van der Waals surface area contributed by atoms with Crippen LogP contribution >= 0.6 is 0 Å². The summed E-state index contributed by atoms with van der Waals surface area (Å²) < 4.78 is 16.9. The highest BCUT2D eigenvalue weighted by atomic mass is 16.7. The largest absolute Gasteiger partial charge is 0.508 e. The number of methoxy groups -OCH3 is 1. The summed E-state index contributed by atoms with van der Waals surface area (Å²) in [5.74, 6) is -0.0228. The van der Waals surface area contributed by atoms with Crippen molar-refractivity contribution in [1.82, 2.24) is 0 Å². The summed E-state index contributed by atoms with van der Waals surface area (Å²) in [7, 11) is 1.46. The van der Waals surface area contributed by atoms with E-state index in [4.69, 9.17) is 14.2 Å². The summed E-state index contributed by atoms with van der Waals surface area (Å²) in [4.78, 5) is 0. The minimum Gasteiger partial charge on any atom is -0.508 e. The summed E-state index contributed by atoms with van der Waals surface area (Å²) in [5, 5.41) is 61.3. The Balaban J connectivity index is 1.87. The molecule has 0 spiro atoms. The third-order valence-electron chi connectivity index (χ3n) is 5.76. The van der Waals surface area contributed by atoms with E-state index in [0.29, 0.717) is 28.0 Å². The average Bonchev–Trinajstić information content (AvgIpc) is 2.86. The fraction of sp³-hybridized carbons (Fsp3) is 0.280. The van der Waals surface area contributed by atoms with Crippen molar-refractivity contribution in [2.45, 2.75) is 30.7 Å². The highest BCUT2D eigenvalue weighted by Gasteiger charge is 2.45. The molecule has 6 N–H and O–H groups in total. The van der Waals surface area contributed by atoms with Crippen LogP contribution in [0.15, 0.2) is 60.7 Å². The number of ether oxygens (including phenoxy) is 3. The van der Waals surface area contributed by atoms with Crippen molar-refractivity contribution < 1.29 is 44.8 Å². The first-order chi connectivity index (χ1) is 16.3. The van der Waals surface area contributed by atoms with Crippen molar-refractivity contribution >= 4 is 0 Å². The summed E-state index contributed by atoms with van der Waals surface area (Å²) in [5.41, 5.74) is 1.86. The van der Waals surface area contributed by atoms with Gasteiger partial charge in [-0.25, -0.2) is 0 Å². The van der Waals surface area contributed by atoms with Crippen LogP contribution in [0.1, 0.15) is 0 Å². The molecule has 0 saturated carbocycles. The third-order valence-corrected chi connectivity index (χ3v) is 5.76. The molecule has 0 unspecified atom stereocenters. The molecular formula is C25H26O9. The number of phenolic OH excluding ortho intramolecular Hbond substituents is 2. The van der Waals surface area contributed by atoms with Gasteiger partial charge in [0.25, 0.3) is 0 Å². The van der Waals surface area contributed by atoms with E-state index in [0.717, 1.165) is 0 Å². The van der Waals surface area contributed by atoms with Gasteiger partial charge >= 0.3 is 0 Å². The molecule has 4 rings (SSSR count). The minimum atomic E-state index is -1.67. The van der Waals surface area contributed by atoms with Crippen LogP contribution in [-0.4, -0.2) is 75.1 Å². The van der Waals surface area contributed by atoms with Crippen LogP contribution in [0.5, 0.6) is 23.0 Å². The van der Waals surface area contributed by atoms with E-state index in [-0.39, 0.29) is 17.2 Å². The molecule has 9 heteroatoms. The molecule has 9 nitrogen and oxygen atoms in total. The molecule has 1 fully saturated rings. The lowest BCUT2D eigenvalue weighted by Gasteiger charge is -2.39. The molecule has 0 radical (unpaired) electrons. The maximum Gasteiger partial charge on any atom is 0.229 e. The molecule has 1 saturated heterocycles. The van der Waals surface area contributed by atoms with Crippen molar-refractivity contribution in [3.63, 3.8) is 0 Å². The lowest BCUT2D eigenvalue weighted by Crippen LogP contribution is -2.60. The number of aliphatic hydroxyl groups is 4. The summed E-state index contributed by atoms with van der Waals surface area (Å²) >= 11 is 0. The zero-order valence-corrected chi connectivity index (χ0v) is 18.3. The molecule has 1 heterocycles. The van der Waals surface area contributed by atoms with E-state index >= 15 is 0 Å². The standard InChI is InChI=1S/C25H26O9/c1-32-17-11-16(13-7-9-15(27)10-8-13)24(21(29)19(17)14-5-3-2-4-6-14)34-25-23(31)22(30)20(28)18(12-26)33-25/h2-11,18,20,22-23,25-31H,12H2,1H3/t18-,20-,22+,23-,25+/m1/s1. The molecule has 34 heavy (non-hydrogen) atoms. The van der Waals surface area contributed by atoms with Crippen LogP contribution in [-0.2, 0) is 4.74 Å². The number of aliphatic hydroxyl groups excluding tert-OH is 4. The van der Waals surface area contributed by atoms with Gasteiger partial charge in [-0.05, 0) is 29.3 Å². The van der Waals surface area contributed by atoms with Crippen LogP contribution in [0.4, 0.5) is 0 Å². The van der Waals surface area contributed by atoms with E-state index in [1.165, 1.54) is 19.2 Å². The summed E-state index contributed by atoms with van der Waals surface area (Å²) in [6, 6.07) is 16.7. The predicted octanol–water partition coefficient (Wildman–Crippen LogP) is 1.62. The predicted molar refractivity (Wildman–Crippen MR) is 122 cm³/mol. The average molecular weight is 470 g/mol. The molecule has 3 aromatic carbocycles. The molecule has 0 bridgehead atoms. The van der Waals surface area contributed by atoms with Gasteiger partial charge in [-0.1, -0.05) is 42.5 Å². The normalized spacial score (nSPS) is 24.6. The number of hydrogen-bond acceptors (Lipinski definition) is 9. The van der Waals surface area contributed by atoms with Crippen LogP contribution in [0, 0.1) is 0 Å². The topological polar surface area (TPSA) is 149 Å². The molecule has 5 atom stereocenters. The van der Waals surface area contributed by atoms with Gasteiger partial charge in [0.2, 0.25) is 6.29 Å². The van der Waals surface area contributed by atoms with Gasteiger partial charge in [-0.15, -0.1) is 0 Å². The number of rotatable bonds is 6. The Morgan fingerprint density at radius 3 is 2.15 bits per heavy atom. The van der Waals surface area contributed by atoms with Crippen molar-refractivity contribution in [1.29, 1.82) is 0 Å². The van der Waals surface area contributed by atoms with Crippen LogP contribution < -0.4 is 9.47 Å². The first-order valence-corrected chi connectivity index (χ1v) is 10.6. The molecule has 1 aliphatic heterocycles. The fourth-order valence-corrected chi connectivity index (χ4v) is 3.93. The van der Waals surface area contributed by atoms with Crippen molar-refractivity contribution in [3.8, 4) is 45.3 Å². The molecule has 0 aromatic heterocycles. The monoisotopic (exact) mass is 470 g/mol. The Morgan fingerprint density at radius 2 is 1.53 bits per heavy atom. The highest BCUT2D eigenvalue weighted by Crippen LogP contribution is 2.50. The van der Waals surface area contributed by atoms with Gasteiger partial charge < -0.3 is 44.8 Å². The number of aromatic hydroxyl groups is 2. The number of hydrogen-bond donors (Lipinski definition) is 6. The van der Waals surface area contributed by atoms with E-state index in [1.807, 2.05) is 6.07 Å². The summed E-state index contributed by atoms with van der Waals surface area (Å²) in [6.45, 7) is -0.626. The number of benzene rings is 3. The Labute approximate surface area is 195 Å². The van der Waals surface area contributed by atoms with Crippen molar-refractivity contribution in [2.24, 2.45) is 0 Å². The van der Waals surface area contributed by atoms with E-state index in [1.54, 1.807) is 42.5 Å². The Kier molecular flexibility index (Phi) is 6.92. The van der Waals surface area contributed by atoms with E-state index < -0.39 is 37.3 Å². The van der Waals surface area contributed by atoms with Crippen LogP contribution in [0.25, 0.3) is 22.3 Å². The molecule has 3 aromatic rings. The fourth-order valence-electron chi connectivity index (χ4n) is 3.93. The summed E-state index contributed by atoms with van der Waals surface area (Å²) in [6.07, 6.45) is -7.58. The van der Waals surface area contributed by atoms with Gasteiger partial charge in [-0.2, -0.15) is 0 Å².